The van der Waals surface area contributed by atoms with Crippen molar-refractivity contribution >= 4 is 54.7 Å². The molecular weight excluding hydrogens is 418 g/mol. The number of fused-ring (bicyclic) bond motifs is 13. The summed E-state index contributed by atoms with van der Waals surface area (Å²) < 4.78 is 4.02. The Morgan fingerprint density at radius 1 is 0.788 bits per heavy atom. The molecule has 0 bridgehead atoms. The number of hydrogen-bond acceptors (Lipinski definition) is 1. The highest BCUT2D eigenvalue weighted by atomic mass is 32.1. The van der Waals surface area contributed by atoms with Crippen LogP contribution in [0.2, 0.25) is 0 Å². The molecule has 2 aromatic heterocycles. The first kappa shape index (κ1) is 17.9. The van der Waals surface area contributed by atoms with E-state index in [1.165, 1.54) is 64.6 Å². The molecule has 0 radical (unpaired) electrons. The highest BCUT2D eigenvalue weighted by molar-refractivity contribution is 7.19. The molecule has 2 heteroatoms. The zero-order valence-corrected chi connectivity index (χ0v) is 19.1. The zero-order valence-electron chi connectivity index (χ0n) is 18.3. The molecule has 0 spiro atoms. The van der Waals surface area contributed by atoms with Crippen molar-refractivity contribution in [2.45, 2.75) is 18.9 Å². The van der Waals surface area contributed by atoms with Gasteiger partial charge < -0.3 is 4.57 Å². The Balaban J connectivity index is 1.57. The lowest BCUT2D eigenvalue weighted by Gasteiger charge is -2.43. The van der Waals surface area contributed by atoms with Crippen molar-refractivity contribution in [3.63, 3.8) is 0 Å². The Kier molecular flexibility index (Phi) is 3.27. The molecule has 1 nitrogen and oxygen atoms in total. The van der Waals surface area contributed by atoms with E-state index in [9.17, 15) is 0 Å². The van der Waals surface area contributed by atoms with Crippen LogP contribution in [-0.2, 0) is 12.0 Å². The highest BCUT2D eigenvalue weighted by Gasteiger charge is 2.43. The molecule has 33 heavy (non-hydrogen) atoms. The lowest BCUT2D eigenvalue weighted by molar-refractivity contribution is 0.439. The zero-order chi connectivity index (χ0) is 21.7. The van der Waals surface area contributed by atoms with Gasteiger partial charge in [-0.15, -0.1) is 11.3 Å². The van der Waals surface area contributed by atoms with Gasteiger partial charge in [0.1, 0.15) is 0 Å². The van der Waals surface area contributed by atoms with Crippen molar-refractivity contribution in [1.82, 2.24) is 4.57 Å². The number of para-hydroxylation sites is 1. The van der Waals surface area contributed by atoms with Crippen LogP contribution in [0.15, 0.2) is 91.0 Å². The van der Waals surface area contributed by atoms with E-state index in [2.05, 4.69) is 109 Å². The molecule has 1 atom stereocenters. The Bertz CT molecular complexity index is 1810. The molecule has 0 fully saturated rings. The average molecular weight is 440 g/mol. The van der Waals surface area contributed by atoms with Gasteiger partial charge in [-0.1, -0.05) is 72.8 Å². The molecule has 8 rings (SSSR count). The molecule has 1 aliphatic heterocycles. The van der Waals surface area contributed by atoms with E-state index in [0.29, 0.717) is 0 Å². The van der Waals surface area contributed by atoms with E-state index in [-0.39, 0.29) is 5.54 Å². The quantitative estimate of drug-likeness (QED) is 0.224. The fourth-order valence-corrected chi connectivity index (χ4v) is 7.66. The normalized spacial score (nSPS) is 18.6. The Morgan fingerprint density at radius 3 is 2.45 bits per heavy atom. The van der Waals surface area contributed by atoms with E-state index < -0.39 is 0 Å². The van der Waals surface area contributed by atoms with Crippen molar-refractivity contribution in [2.24, 2.45) is 0 Å². The smallest absolute Gasteiger partial charge is 0.0729 e. The lowest BCUT2D eigenvalue weighted by Crippen LogP contribution is -2.38. The minimum absolute atomic E-state index is 0.123. The summed E-state index contributed by atoms with van der Waals surface area (Å²) >= 11 is 1.96. The SMILES string of the molecule is CC12Cc3sc4ccccc4c3C=C1c1ccc3ccccc3c1-c1cc3ccccc3n12. The van der Waals surface area contributed by atoms with Crippen LogP contribution in [-0.4, -0.2) is 4.57 Å². The van der Waals surface area contributed by atoms with Gasteiger partial charge in [0.05, 0.1) is 11.2 Å². The van der Waals surface area contributed by atoms with Crippen LogP contribution >= 0.6 is 11.3 Å². The molecule has 6 aromatic rings. The van der Waals surface area contributed by atoms with Crippen LogP contribution in [0.5, 0.6) is 0 Å². The minimum atomic E-state index is -0.123. The van der Waals surface area contributed by atoms with Gasteiger partial charge in [-0.2, -0.15) is 0 Å². The van der Waals surface area contributed by atoms with Gasteiger partial charge in [0.15, 0.2) is 0 Å². The summed E-state index contributed by atoms with van der Waals surface area (Å²) in [4.78, 5) is 1.50. The summed E-state index contributed by atoms with van der Waals surface area (Å²) in [6.07, 6.45) is 3.52. The molecule has 0 N–H and O–H groups in total. The van der Waals surface area contributed by atoms with E-state index >= 15 is 0 Å². The Labute approximate surface area is 196 Å². The predicted octanol–water partition coefficient (Wildman–Crippen LogP) is 8.50. The van der Waals surface area contributed by atoms with Gasteiger partial charge >= 0.3 is 0 Å². The van der Waals surface area contributed by atoms with E-state index in [1.807, 2.05) is 11.3 Å². The summed E-state index contributed by atoms with van der Waals surface area (Å²) in [5, 5.41) is 5.34. The fourth-order valence-electron chi connectivity index (χ4n) is 6.32. The Hall–Kier alpha value is -3.62. The number of thiophene rings is 1. The number of aromatic nitrogens is 1. The van der Waals surface area contributed by atoms with Crippen LogP contribution in [0.3, 0.4) is 0 Å². The maximum atomic E-state index is 2.64. The maximum Gasteiger partial charge on any atom is 0.0729 e. The third kappa shape index (κ3) is 2.17. The second kappa shape index (κ2) is 6.03. The van der Waals surface area contributed by atoms with Gasteiger partial charge in [0, 0.05) is 32.5 Å². The average Bonchev–Trinajstić information content (AvgIpc) is 3.41. The van der Waals surface area contributed by atoms with E-state index in [1.54, 1.807) is 0 Å². The topological polar surface area (TPSA) is 4.93 Å². The van der Waals surface area contributed by atoms with Crippen LogP contribution in [0.25, 0.3) is 54.7 Å². The van der Waals surface area contributed by atoms with Gasteiger partial charge in [0.2, 0.25) is 0 Å². The first-order valence-corrected chi connectivity index (χ1v) is 12.4. The van der Waals surface area contributed by atoms with Crippen molar-refractivity contribution in [1.29, 1.82) is 0 Å². The van der Waals surface area contributed by atoms with E-state index in [4.69, 9.17) is 0 Å². The molecule has 0 amide bonds. The predicted molar refractivity (Wildman–Crippen MR) is 142 cm³/mol. The van der Waals surface area contributed by atoms with Crippen molar-refractivity contribution in [3.05, 3.63) is 107 Å². The van der Waals surface area contributed by atoms with Gasteiger partial charge in [-0.3, -0.25) is 0 Å². The largest absolute Gasteiger partial charge is 0.330 e. The lowest BCUT2D eigenvalue weighted by atomic mass is 9.73. The summed E-state index contributed by atoms with van der Waals surface area (Å²) in [6.45, 7) is 2.44. The van der Waals surface area contributed by atoms with Crippen LogP contribution in [0, 0.1) is 0 Å². The third-order valence-corrected chi connectivity index (χ3v) is 8.95. The Morgan fingerprint density at radius 2 is 1.55 bits per heavy atom. The molecule has 156 valence electrons. The second-order valence-electron chi connectivity index (χ2n) is 9.58. The number of rotatable bonds is 0. The molecule has 4 aromatic carbocycles. The molecule has 2 aliphatic rings. The summed E-state index contributed by atoms with van der Waals surface area (Å²) in [7, 11) is 0. The van der Waals surface area contributed by atoms with Crippen LogP contribution < -0.4 is 0 Å². The molecule has 1 unspecified atom stereocenters. The van der Waals surface area contributed by atoms with Crippen LogP contribution in [0.1, 0.15) is 22.9 Å². The van der Waals surface area contributed by atoms with E-state index in [0.717, 1.165) is 6.42 Å². The number of hydrogen-bond donors (Lipinski definition) is 0. The van der Waals surface area contributed by atoms with Crippen molar-refractivity contribution in [2.75, 3.05) is 0 Å². The van der Waals surface area contributed by atoms with Gasteiger partial charge in [-0.05, 0) is 64.1 Å². The molecule has 0 saturated carbocycles. The van der Waals surface area contributed by atoms with Crippen LogP contribution in [0.4, 0.5) is 0 Å². The molecular formula is C31H21NS. The fraction of sp³-hybridized carbons (Fsp3) is 0.0968. The number of nitrogens with zero attached hydrogens (tertiary/aromatic N) is 1. The first-order valence-electron chi connectivity index (χ1n) is 11.6. The first-order chi connectivity index (χ1) is 16.2. The minimum Gasteiger partial charge on any atom is -0.330 e. The summed E-state index contributed by atoms with van der Waals surface area (Å²) in [5.74, 6) is 0. The van der Waals surface area contributed by atoms with Gasteiger partial charge in [0.25, 0.3) is 0 Å². The monoisotopic (exact) mass is 439 g/mol. The molecule has 3 heterocycles. The third-order valence-electron chi connectivity index (χ3n) is 7.76. The summed E-state index contributed by atoms with van der Waals surface area (Å²) in [5.41, 5.74) is 8.15. The maximum absolute atomic E-state index is 2.64. The summed E-state index contributed by atoms with van der Waals surface area (Å²) in [6, 6.07) is 33.6. The van der Waals surface area contributed by atoms with Crippen molar-refractivity contribution < 1.29 is 0 Å². The molecule has 0 saturated heterocycles. The number of allylic oxidation sites excluding steroid dienone is 1. The van der Waals surface area contributed by atoms with Crippen molar-refractivity contribution in [3.8, 4) is 11.3 Å². The second-order valence-corrected chi connectivity index (χ2v) is 10.7. The van der Waals surface area contributed by atoms with Gasteiger partial charge in [-0.25, -0.2) is 0 Å². The highest BCUT2D eigenvalue weighted by Crippen LogP contribution is 2.55. The molecule has 1 aliphatic carbocycles. The standard InChI is InChI=1S/C31H21NS/c1-31-18-29-24(22-11-5-7-13-28(22)33-29)17-25(31)23-15-14-19-8-2-4-10-21(19)30(23)27-16-20-9-3-6-12-26(20)32(27)31/h2-17H,18H2,1H3. The number of benzene rings is 4.